The van der Waals surface area contributed by atoms with Gasteiger partial charge in [0.2, 0.25) is 5.88 Å². The van der Waals surface area contributed by atoms with E-state index in [2.05, 4.69) is 0 Å². The lowest BCUT2D eigenvalue weighted by molar-refractivity contribution is 0.0526. The van der Waals surface area contributed by atoms with Crippen LogP contribution >= 0.6 is 0 Å². The highest BCUT2D eigenvalue weighted by molar-refractivity contribution is 5.94. The number of carbonyl (C=O) groups excluding carboxylic acids is 1. The van der Waals surface area contributed by atoms with E-state index in [9.17, 15) is 9.90 Å². The molecule has 0 aliphatic carbocycles. The third kappa shape index (κ3) is 3.44. The van der Waals surface area contributed by atoms with Crippen molar-refractivity contribution in [3.63, 3.8) is 0 Å². The molecule has 0 atom stereocenters. The fourth-order valence-electron chi connectivity index (χ4n) is 2.75. The number of aromatic hydroxyl groups is 1. The van der Waals surface area contributed by atoms with E-state index in [0.29, 0.717) is 24.3 Å². The van der Waals surface area contributed by atoms with Crippen molar-refractivity contribution < 1.29 is 14.6 Å². The summed E-state index contributed by atoms with van der Waals surface area (Å²) in [5.41, 5.74) is 8.30. The minimum atomic E-state index is -0.470. The van der Waals surface area contributed by atoms with E-state index in [-0.39, 0.29) is 12.5 Å². The fraction of sp³-hybridized carbons (Fsp3) is 0.211. The van der Waals surface area contributed by atoms with Crippen LogP contribution in [0.2, 0.25) is 0 Å². The molecule has 3 N–H and O–H groups in total. The summed E-state index contributed by atoms with van der Waals surface area (Å²) in [6, 6.07) is 11.6. The van der Waals surface area contributed by atoms with Crippen LogP contribution < -0.4 is 5.73 Å². The Morgan fingerprint density at radius 2 is 1.92 bits per heavy atom. The second kappa shape index (κ2) is 7.27. The first-order chi connectivity index (χ1) is 12.1. The molecule has 1 aromatic carbocycles. The van der Waals surface area contributed by atoms with Gasteiger partial charge in [-0.2, -0.15) is 0 Å². The Bertz CT molecular complexity index is 865. The van der Waals surface area contributed by atoms with Crippen LogP contribution in [0.4, 0.5) is 0 Å². The maximum absolute atomic E-state index is 12.3. The van der Waals surface area contributed by atoms with Gasteiger partial charge in [0.1, 0.15) is 11.3 Å². The zero-order valence-corrected chi connectivity index (χ0v) is 14.1. The third-order valence-electron chi connectivity index (χ3n) is 3.96. The molecular formula is C19H21N3O3. The van der Waals surface area contributed by atoms with Crippen LogP contribution in [0.3, 0.4) is 0 Å². The molecule has 0 saturated carbocycles. The van der Waals surface area contributed by atoms with Crippen LogP contribution in [-0.2, 0) is 17.8 Å². The summed E-state index contributed by atoms with van der Waals surface area (Å²) >= 11 is 0. The largest absolute Gasteiger partial charge is 0.493 e. The zero-order chi connectivity index (χ0) is 17.8. The van der Waals surface area contributed by atoms with E-state index >= 15 is 0 Å². The molecule has 6 heteroatoms. The molecule has 2 aromatic heterocycles. The first kappa shape index (κ1) is 16.9. The molecule has 0 aliphatic rings. The number of hydrogen-bond donors (Lipinski definition) is 2. The molecule has 25 heavy (non-hydrogen) atoms. The highest BCUT2D eigenvalue weighted by atomic mass is 16.5. The maximum atomic E-state index is 12.3. The van der Waals surface area contributed by atoms with Crippen molar-refractivity contribution in [1.82, 2.24) is 9.13 Å². The molecule has 3 aromatic rings. The highest BCUT2D eigenvalue weighted by Crippen LogP contribution is 2.30. The predicted molar refractivity (Wildman–Crippen MR) is 94.8 cm³/mol. The second-order valence-electron chi connectivity index (χ2n) is 5.68. The van der Waals surface area contributed by atoms with Gasteiger partial charge in [-0.3, -0.25) is 0 Å². The van der Waals surface area contributed by atoms with Crippen LogP contribution in [0.25, 0.3) is 5.69 Å². The highest BCUT2D eigenvalue weighted by Gasteiger charge is 2.23. The van der Waals surface area contributed by atoms with Crippen molar-refractivity contribution in [2.75, 3.05) is 6.61 Å². The Morgan fingerprint density at radius 1 is 1.16 bits per heavy atom. The van der Waals surface area contributed by atoms with E-state index in [4.69, 9.17) is 10.5 Å². The average Bonchev–Trinajstić information content (AvgIpc) is 3.21. The monoisotopic (exact) mass is 339 g/mol. The van der Waals surface area contributed by atoms with Crippen molar-refractivity contribution in [3.8, 4) is 11.6 Å². The Kier molecular flexibility index (Phi) is 4.90. The minimum Gasteiger partial charge on any atom is -0.493 e. The normalized spacial score (nSPS) is 10.8. The van der Waals surface area contributed by atoms with Crippen molar-refractivity contribution >= 4 is 5.97 Å². The lowest BCUT2D eigenvalue weighted by Crippen LogP contribution is -2.07. The number of aromatic nitrogens is 2. The molecule has 2 heterocycles. The summed E-state index contributed by atoms with van der Waals surface area (Å²) in [4.78, 5) is 12.3. The van der Waals surface area contributed by atoms with E-state index in [0.717, 1.165) is 11.1 Å². The number of nitrogens with two attached hydrogens (primary N) is 1. The molecule has 0 unspecified atom stereocenters. The molecule has 0 amide bonds. The van der Waals surface area contributed by atoms with E-state index in [1.54, 1.807) is 34.6 Å². The molecule has 3 rings (SSSR count). The summed E-state index contributed by atoms with van der Waals surface area (Å²) in [7, 11) is 0. The zero-order valence-electron chi connectivity index (χ0n) is 14.1. The van der Waals surface area contributed by atoms with Crippen LogP contribution in [0.15, 0.2) is 55.0 Å². The quantitative estimate of drug-likeness (QED) is 0.677. The van der Waals surface area contributed by atoms with Gasteiger partial charge in [0.25, 0.3) is 0 Å². The molecule has 0 radical (unpaired) electrons. The van der Waals surface area contributed by atoms with E-state index in [1.165, 1.54) is 0 Å². The van der Waals surface area contributed by atoms with Crippen LogP contribution in [0.1, 0.15) is 28.4 Å². The van der Waals surface area contributed by atoms with E-state index < -0.39 is 5.97 Å². The first-order valence-corrected chi connectivity index (χ1v) is 8.14. The summed E-state index contributed by atoms with van der Waals surface area (Å²) in [6.07, 6.45) is 5.19. The number of rotatable bonds is 6. The van der Waals surface area contributed by atoms with Gasteiger partial charge >= 0.3 is 5.97 Å². The van der Waals surface area contributed by atoms with Crippen molar-refractivity contribution in [2.24, 2.45) is 5.73 Å². The Morgan fingerprint density at radius 3 is 2.56 bits per heavy atom. The van der Waals surface area contributed by atoms with Gasteiger partial charge in [0, 0.05) is 25.1 Å². The van der Waals surface area contributed by atoms with Gasteiger partial charge in [0.05, 0.1) is 13.2 Å². The predicted octanol–water partition coefficient (Wildman–Crippen LogP) is 2.67. The van der Waals surface area contributed by atoms with Crippen molar-refractivity contribution in [1.29, 1.82) is 0 Å². The Balaban J connectivity index is 2.06. The Labute approximate surface area is 146 Å². The molecule has 0 bridgehead atoms. The molecular weight excluding hydrogens is 318 g/mol. The van der Waals surface area contributed by atoms with Crippen LogP contribution in [0, 0.1) is 0 Å². The van der Waals surface area contributed by atoms with Crippen molar-refractivity contribution in [2.45, 2.75) is 20.0 Å². The van der Waals surface area contributed by atoms with Crippen molar-refractivity contribution in [3.05, 3.63) is 71.7 Å². The average molecular weight is 339 g/mol. The van der Waals surface area contributed by atoms with Gasteiger partial charge in [0.15, 0.2) is 0 Å². The maximum Gasteiger partial charge on any atom is 0.341 e. The lowest BCUT2D eigenvalue weighted by Gasteiger charge is -2.07. The second-order valence-corrected chi connectivity index (χ2v) is 5.68. The van der Waals surface area contributed by atoms with Crippen LogP contribution in [0.5, 0.6) is 5.88 Å². The molecule has 0 saturated heterocycles. The van der Waals surface area contributed by atoms with Gasteiger partial charge < -0.3 is 24.7 Å². The molecule has 0 aliphatic heterocycles. The summed E-state index contributed by atoms with van der Waals surface area (Å²) < 4.78 is 8.48. The smallest absolute Gasteiger partial charge is 0.341 e. The summed E-state index contributed by atoms with van der Waals surface area (Å²) in [5.74, 6) is -0.464. The molecule has 130 valence electrons. The number of carbonyl (C=O) groups is 1. The lowest BCUT2D eigenvalue weighted by atomic mass is 10.2. The fourth-order valence-corrected chi connectivity index (χ4v) is 2.75. The SMILES string of the molecule is CCOC(=O)c1cn(Cc2ccccc2)c(O)c1-n1ccc(CN)c1. The van der Waals surface area contributed by atoms with Gasteiger partial charge in [-0.15, -0.1) is 0 Å². The minimum absolute atomic E-state index is 0.00563. The number of benzene rings is 1. The number of esters is 1. The van der Waals surface area contributed by atoms with Gasteiger partial charge in [-0.1, -0.05) is 30.3 Å². The standard InChI is InChI=1S/C19H21N3O3/c1-2-25-19(24)16-13-22(11-14-6-4-3-5-7-14)18(23)17(16)21-9-8-15(10-20)12-21/h3-9,12-13,23H,2,10-11,20H2,1H3. The van der Waals surface area contributed by atoms with E-state index in [1.807, 2.05) is 36.4 Å². The summed E-state index contributed by atoms with van der Waals surface area (Å²) in [5, 5.41) is 10.7. The molecule has 0 fully saturated rings. The first-order valence-electron chi connectivity index (χ1n) is 8.14. The number of ether oxygens (including phenoxy) is 1. The molecule has 6 nitrogen and oxygen atoms in total. The number of nitrogens with zero attached hydrogens (tertiary/aromatic N) is 2. The van der Waals surface area contributed by atoms with Crippen LogP contribution in [-0.4, -0.2) is 26.8 Å². The third-order valence-corrected chi connectivity index (χ3v) is 3.96. The topological polar surface area (TPSA) is 82.4 Å². The summed E-state index contributed by atoms with van der Waals surface area (Å²) in [6.45, 7) is 2.85. The molecule has 0 spiro atoms. The van der Waals surface area contributed by atoms with Gasteiger partial charge in [-0.05, 0) is 24.1 Å². The van der Waals surface area contributed by atoms with Gasteiger partial charge in [-0.25, -0.2) is 4.79 Å². The Hall–Kier alpha value is -2.99. The number of hydrogen-bond acceptors (Lipinski definition) is 4.